The summed E-state index contributed by atoms with van der Waals surface area (Å²) in [5.41, 5.74) is 2.78. The maximum Gasteiger partial charge on any atom is 0.303 e. The Hall–Kier alpha value is -2.68. The van der Waals surface area contributed by atoms with Crippen LogP contribution in [0.5, 0.6) is 0 Å². The predicted molar refractivity (Wildman–Crippen MR) is 106 cm³/mol. The second-order valence-corrected chi connectivity index (χ2v) is 7.21. The number of benzene rings is 2. The monoisotopic (exact) mass is 362 g/mol. The number of hydrogen-bond donors (Lipinski definition) is 0. The molecule has 1 fully saturated rings. The van der Waals surface area contributed by atoms with Gasteiger partial charge in [0.25, 0.3) is 0 Å². The summed E-state index contributed by atoms with van der Waals surface area (Å²) in [5, 5.41) is 0. The van der Waals surface area contributed by atoms with Crippen molar-refractivity contribution in [3.63, 3.8) is 0 Å². The summed E-state index contributed by atoms with van der Waals surface area (Å²) >= 11 is 0. The van der Waals surface area contributed by atoms with Crippen LogP contribution in [0.15, 0.2) is 66.7 Å². The summed E-state index contributed by atoms with van der Waals surface area (Å²) in [6.07, 6.45) is 6.53. The molecule has 1 aliphatic carbocycles. The summed E-state index contributed by atoms with van der Waals surface area (Å²) in [4.78, 5) is 24.6. The van der Waals surface area contributed by atoms with Crippen molar-refractivity contribution in [2.24, 2.45) is 11.8 Å². The predicted octanol–water partition coefficient (Wildman–Crippen LogP) is 5.45. The average Bonchev–Trinajstić information content (AvgIpc) is 3.14. The fraction of sp³-hybridized carbons (Fsp3) is 0.333. The molecule has 0 saturated heterocycles. The number of esters is 1. The van der Waals surface area contributed by atoms with Crippen LogP contribution in [0.2, 0.25) is 0 Å². The summed E-state index contributed by atoms with van der Waals surface area (Å²) in [5.74, 6) is 0.0893. The van der Waals surface area contributed by atoms with Crippen LogP contribution in [-0.2, 0) is 9.53 Å². The van der Waals surface area contributed by atoms with Gasteiger partial charge in [-0.25, -0.2) is 0 Å². The molecule has 2 aromatic carbocycles. The largest absolute Gasteiger partial charge is 0.453 e. The van der Waals surface area contributed by atoms with Gasteiger partial charge in [-0.1, -0.05) is 67.1 Å². The Balaban J connectivity index is 1.78. The van der Waals surface area contributed by atoms with Crippen LogP contribution < -0.4 is 0 Å². The number of rotatable bonds is 6. The van der Waals surface area contributed by atoms with E-state index < -0.39 is 6.10 Å². The van der Waals surface area contributed by atoms with Gasteiger partial charge in [0, 0.05) is 18.4 Å². The number of aryl methyl sites for hydroxylation is 1. The lowest BCUT2D eigenvalue weighted by Gasteiger charge is -2.18. The molecule has 2 aromatic rings. The van der Waals surface area contributed by atoms with Crippen molar-refractivity contribution >= 4 is 11.8 Å². The number of hydrogen-bond acceptors (Lipinski definition) is 3. The van der Waals surface area contributed by atoms with Crippen molar-refractivity contribution in [3.8, 4) is 0 Å². The fourth-order valence-electron chi connectivity index (χ4n) is 3.88. The summed E-state index contributed by atoms with van der Waals surface area (Å²) in [7, 11) is 0. The van der Waals surface area contributed by atoms with Crippen molar-refractivity contribution in [1.29, 1.82) is 0 Å². The van der Waals surface area contributed by atoms with E-state index in [1.807, 2.05) is 67.6 Å². The minimum Gasteiger partial charge on any atom is -0.453 e. The van der Waals surface area contributed by atoms with E-state index >= 15 is 0 Å². The van der Waals surface area contributed by atoms with Crippen molar-refractivity contribution in [2.75, 3.05) is 0 Å². The van der Waals surface area contributed by atoms with Crippen LogP contribution in [0.1, 0.15) is 53.8 Å². The van der Waals surface area contributed by atoms with Crippen LogP contribution in [0.25, 0.3) is 0 Å². The van der Waals surface area contributed by atoms with Gasteiger partial charge >= 0.3 is 5.97 Å². The third-order valence-corrected chi connectivity index (χ3v) is 5.27. The summed E-state index contributed by atoms with van der Waals surface area (Å²) in [6.45, 7) is 3.41. The van der Waals surface area contributed by atoms with Crippen molar-refractivity contribution in [2.45, 2.75) is 39.2 Å². The van der Waals surface area contributed by atoms with E-state index in [1.165, 1.54) is 6.92 Å². The number of ether oxygens (including phenoxy) is 1. The number of allylic oxidation sites excluding steroid dienone is 1. The van der Waals surface area contributed by atoms with Crippen molar-refractivity contribution < 1.29 is 14.3 Å². The molecule has 0 aromatic heterocycles. The highest BCUT2D eigenvalue weighted by molar-refractivity contribution is 5.99. The van der Waals surface area contributed by atoms with Crippen molar-refractivity contribution in [3.05, 3.63) is 83.4 Å². The number of carbonyl (C=O) groups excluding carboxylic acids is 2. The fourth-order valence-corrected chi connectivity index (χ4v) is 3.88. The second kappa shape index (κ2) is 8.81. The highest BCUT2D eigenvalue weighted by Gasteiger charge is 2.32. The number of carbonyl (C=O) groups is 2. The van der Waals surface area contributed by atoms with E-state index in [2.05, 4.69) is 6.08 Å². The Kier molecular flexibility index (Phi) is 6.23. The molecule has 3 nitrogen and oxygen atoms in total. The van der Waals surface area contributed by atoms with Gasteiger partial charge in [-0.3, -0.25) is 9.59 Å². The molecular formula is C24H26O3. The highest BCUT2D eigenvalue weighted by atomic mass is 16.5. The summed E-state index contributed by atoms with van der Waals surface area (Å²) in [6, 6.07) is 17.5. The third kappa shape index (κ3) is 4.73. The zero-order chi connectivity index (χ0) is 19.2. The van der Waals surface area contributed by atoms with Gasteiger partial charge < -0.3 is 4.74 Å². The summed E-state index contributed by atoms with van der Waals surface area (Å²) < 4.78 is 5.49. The molecule has 0 bridgehead atoms. The lowest BCUT2D eigenvalue weighted by Crippen LogP contribution is -2.19. The van der Waals surface area contributed by atoms with Gasteiger partial charge in [0.2, 0.25) is 0 Å². The van der Waals surface area contributed by atoms with Gasteiger partial charge in [-0.2, -0.15) is 0 Å². The van der Waals surface area contributed by atoms with Crippen LogP contribution in [0.3, 0.4) is 0 Å². The standard InChI is InChI=1S/C24H26O3/c1-17-9-6-7-13-21(17)24(26)22-14-8-12-19(22)15-16-23(27-18(2)25)20-10-4-3-5-11-20/h3-7,9-11,13,15-16,19,22-23H,8,12,14H2,1-2H3/b16-15+/t19-,22+,23?/m1/s1. The lowest BCUT2D eigenvalue weighted by atomic mass is 9.86. The Morgan fingerprint density at radius 1 is 1.04 bits per heavy atom. The molecule has 1 aliphatic rings. The molecular weight excluding hydrogens is 336 g/mol. The van der Waals surface area contributed by atoms with Crippen LogP contribution in [0, 0.1) is 18.8 Å². The Labute approximate surface area is 161 Å². The molecule has 3 rings (SSSR count). The smallest absolute Gasteiger partial charge is 0.303 e. The molecule has 0 amide bonds. The quantitative estimate of drug-likeness (QED) is 0.390. The average molecular weight is 362 g/mol. The molecule has 0 N–H and O–H groups in total. The Morgan fingerprint density at radius 3 is 2.44 bits per heavy atom. The lowest BCUT2D eigenvalue weighted by molar-refractivity contribution is -0.144. The van der Waals surface area contributed by atoms with Gasteiger partial charge in [0.15, 0.2) is 5.78 Å². The zero-order valence-corrected chi connectivity index (χ0v) is 15.9. The van der Waals surface area contributed by atoms with Crippen LogP contribution in [0.4, 0.5) is 0 Å². The molecule has 140 valence electrons. The van der Waals surface area contributed by atoms with Gasteiger partial charge in [-0.05, 0) is 42.9 Å². The minimum atomic E-state index is -0.418. The van der Waals surface area contributed by atoms with E-state index in [0.717, 1.165) is 36.0 Å². The first kappa shape index (κ1) is 19.1. The van der Waals surface area contributed by atoms with Crippen molar-refractivity contribution in [1.82, 2.24) is 0 Å². The van der Waals surface area contributed by atoms with E-state index in [9.17, 15) is 9.59 Å². The topological polar surface area (TPSA) is 43.4 Å². The minimum absolute atomic E-state index is 0.00361. The molecule has 0 aliphatic heterocycles. The van der Waals surface area contributed by atoms with Gasteiger partial charge in [0.1, 0.15) is 6.10 Å². The van der Waals surface area contributed by atoms with E-state index in [-0.39, 0.29) is 23.6 Å². The third-order valence-electron chi connectivity index (χ3n) is 5.27. The Morgan fingerprint density at radius 2 is 1.74 bits per heavy atom. The van der Waals surface area contributed by atoms with E-state index in [0.29, 0.717) is 0 Å². The molecule has 0 spiro atoms. The first-order chi connectivity index (χ1) is 13.1. The molecule has 1 unspecified atom stereocenters. The second-order valence-electron chi connectivity index (χ2n) is 7.21. The maximum atomic E-state index is 13.1. The molecule has 3 atom stereocenters. The van der Waals surface area contributed by atoms with Crippen LogP contribution in [-0.4, -0.2) is 11.8 Å². The zero-order valence-electron chi connectivity index (χ0n) is 15.9. The molecule has 0 radical (unpaired) electrons. The highest BCUT2D eigenvalue weighted by Crippen LogP contribution is 2.36. The molecule has 0 heterocycles. The Bertz CT molecular complexity index is 823. The first-order valence-corrected chi connectivity index (χ1v) is 9.56. The maximum absolute atomic E-state index is 13.1. The normalized spacial score (nSPS) is 20.5. The number of Topliss-reactive ketones (excluding diaryl/α,β-unsaturated/α-hetero) is 1. The van der Waals surface area contributed by atoms with E-state index in [4.69, 9.17) is 4.74 Å². The van der Waals surface area contributed by atoms with Gasteiger partial charge in [-0.15, -0.1) is 0 Å². The van der Waals surface area contributed by atoms with Gasteiger partial charge in [0.05, 0.1) is 0 Å². The molecule has 1 saturated carbocycles. The molecule has 3 heteroatoms. The van der Waals surface area contributed by atoms with E-state index in [1.54, 1.807) is 0 Å². The van der Waals surface area contributed by atoms with Crippen LogP contribution >= 0.6 is 0 Å². The first-order valence-electron chi connectivity index (χ1n) is 9.56. The molecule has 27 heavy (non-hydrogen) atoms. The SMILES string of the molecule is CC(=O)OC(/C=C/[C@H]1CCC[C@@H]1C(=O)c1ccccc1C)c1ccccc1. The number of ketones is 1.